The molecule has 3 nitrogen and oxygen atoms in total. The van der Waals surface area contributed by atoms with Crippen molar-refractivity contribution in [1.82, 2.24) is 0 Å². The van der Waals surface area contributed by atoms with Gasteiger partial charge in [0.15, 0.2) is 11.5 Å². The molecule has 0 spiro atoms. The molecule has 0 heterocycles. The van der Waals surface area contributed by atoms with Crippen LogP contribution in [0.4, 0.5) is 0 Å². The number of hydrogen-bond acceptors (Lipinski definition) is 3. The molecule has 5 heteroatoms. The third-order valence-corrected chi connectivity index (χ3v) is 2.87. The number of phenols is 1. The lowest BCUT2D eigenvalue weighted by Crippen LogP contribution is -2.10. The van der Waals surface area contributed by atoms with Crippen LogP contribution in [-0.2, 0) is 0 Å². The van der Waals surface area contributed by atoms with Gasteiger partial charge >= 0.3 is 0 Å². The number of ether oxygens (including phenoxy) is 1. The maximum absolute atomic E-state index is 9.66. The molecule has 0 fully saturated rings. The lowest BCUT2D eigenvalue weighted by molar-refractivity contribution is 0.371. The second-order valence-corrected chi connectivity index (χ2v) is 4.68. The van der Waals surface area contributed by atoms with Crippen molar-refractivity contribution in [2.75, 3.05) is 7.11 Å². The molecule has 0 radical (unpaired) electrons. The van der Waals surface area contributed by atoms with Crippen molar-refractivity contribution in [3.63, 3.8) is 0 Å². The Bertz CT molecular complexity index is 410. The van der Waals surface area contributed by atoms with Gasteiger partial charge in [0.2, 0.25) is 0 Å². The Morgan fingerprint density at radius 2 is 2.18 bits per heavy atom. The van der Waals surface area contributed by atoms with E-state index in [1.807, 2.05) is 6.92 Å². The molecule has 1 atom stereocenters. The number of benzene rings is 1. The monoisotopic (exact) mass is 321 g/mol. The van der Waals surface area contributed by atoms with E-state index in [0.29, 0.717) is 16.6 Å². The summed E-state index contributed by atoms with van der Waals surface area (Å²) >= 11 is 3.26. The highest BCUT2D eigenvalue weighted by Gasteiger charge is 2.13. The van der Waals surface area contributed by atoms with Gasteiger partial charge < -0.3 is 15.6 Å². The second kappa shape index (κ2) is 6.89. The highest BCUT2D eigenvalue weighted by Crippen LogP contribution is 2.37. The predicted octanol–water partition coefficient (Wildman–Crippen LogP) is 3.55. The fraction of sp³-hybridized carbons (Fsp3) is 0.333. The van der Waals surface area contributed by atoms with Crippen LogP contribution in [0.25, 0.3) is 0 Å². The Morgan fingerprint density at radius 1 is 1.59 bits per heavy atom. The normalized spacial score (nSPS) is 11.5. The SMILES string of the molecule is C=C(C)C[C@@H](N)c1cc(Br)c(O)c(OC)c1.Cl. The molecule has 1 aromatic rings. The first-order chi connectivity index (χ1) is 7.45. The average Bonchev–Trinajstić information content (AvgIpc) is 2.20. The third kappa shape index (κ3) is 4.22. The van der Waals surface area contributed by atoms with Crippen molar-refractivity contribution >= 4 is 28.3 Å². The van der Waals surface area contributed by atoms with Gasteiger partial charge in [-0.3, -0.25) is 0 Å². The molecule has 0 saturated carbocycles. The summed E-state index contributed by atoms with van der Waals surface area (Å²) < 4.78 is 5.65. The summed E-state index contributed by atoms with van der Waals surface area (Å²) in [5, 5.41) is 9.66. The number of rotatable bonds is 4. The first kappa shape index (κ1) is 16.3. The van der Waals surface area contributed by atoms with Gasteiger partial charge in [-0.15, -0.1) is 19.0 Å². The first-order valence-electron chi connectivity index (χ1n) is 4.92. The number of aromatic hydroxyl groups is 1. The third-order valence-electron chi connectivity index (χ3n) is 2.27. The minimum absolute atomic E-state index is 0. The summed E-state index contributed by atoms with van der Waals surface area (Å²) in [5.41, 5.74) is 7.95. The van der Waals surface area contributed by atoms with Crippen molar-refractivity contribution in [1.29, 1.82) is 0 Å². The van der Waals surface area contributed by atoms with Gasteiger partial charge in [0.05, 0.1) is 11.6 Å². The fourth-order valence-electron chi connectivity index (χ4n) is 1.46. The van der Waals surface area contributed by atoms with Crippen molar-refractivity contribution in [3.05, 3.63) is 34.3 Å². The molecular weight excluding hydrogens is 305 g/mol. The van der Waals surface area contributed by atoms with Crippen LogP contribution in [0.5, 0.6) is 11.5 Å². The van der Waals surface area contributed by atoms with E-state index in [2.05, 4.69) is 22.5 Å². The Labute approximate surface area is 116 Å². The summed E-state index contributed by atoms with van der Waals surface area (Å²) in [5.74, 6) is 0.510. The Hall–Kier alpha value is -0.710. The maximum Gasteiger partial charge on any atom is 0.172 e. The van der Waals surface area contributed by atoms with Crippen LogP contribution in [0.1, 0.15) is 24.9 Å². The molecule has 0 bridgehead atoms. The summed E-state index contributed by atoms with van der Waals surface area (Å²) in [6.45, 7) is 5.77. The Morgan fingerprint density at radius 3 is 2.65 bits per heavy atom. The predicted molar refractivity (Wildman–Crippen MR) is 76.0 cm³/mol. The summed E-state index contributed by atoms with van der Waals surface area (Å²) in [4.78, 5) is 0. The van der Waals surface area contributed by atoms with E-state index < -0.39 is 0 Å². The molecule has 0 saturated heterocycles. The lowest BCUT2D eigenvalue weighted by atomic mass is 10.0. The number of nitrogens with two attached hydrogens (primary N) is 1. The molecule has 0 aromatic heterocycles. The van der Waals surface area contributed by atoms with Crippen molar-refractivity contribution in [2.24, 2.45) is 5.73 Å². The first-order valence-corrected chi connectivity index (χ1v) is 5.71. The quantitative estimate of drug-likeness (QED) is 0.834. The van der Waals surface area contributed by atoms with Gasteiger partial charge in [0, 0.05) is 6.04 Å². The highest BCUT2D eigenvalue weighted by atomic mass is 79.9. The van der Waals surface area contributed by atoms with E-state index in [9.17, 15) is 5.11 Å². The van der Waals surface area contributed by atoms with Gasteiger partial charge in [-0.05, 0) is 47.0 Å². The minimum Gasteiger partial charge on any atom is -0.503 e. The molecule has 3 N–H and O–H groups in total. The van der Waals surface area contributed by atoms with Gasteiger partial charge in [0.1, 0.15) is 0 Å². The second-order valence-electron chi connectivity index (χ2n) is 3.82. The number of phenolic OH excluding ortho intramolecular Hbond substituents is 1. The standard InChI is InChI=1S/C12H16BrNO2.ClH/c1-7(2)4-10(14)8-5-9(13)12(15)11(6-8)16-3;/h5-6,10,15H,1,4,14H2,2-3H3;1H/t10-;/m1./s1. The number of hydrogen-bond donors (Lipinski definition) is 2. The Kier molecular flexibility index (Phi) is 6.60. The zero-order chi connectivity index (χ0) is 12.3. The van der Waals surface area contributed by atoms with E-state index >= 15 is 0 Å². The average molecular weight is 323 g/mol. The topological polar surface area (TPSA) is 55.5 Å². The lowest BCUT2D eigenvalue weighted by Gasteiger charge is -2.15. The maximum atomic E-state index is 9.66. The number of methoxy groups -OCH3 is 1. The molecule has 0 unspecified atom stereocenters. The van der Waals surface area contributed by atoms with Crippen LogP contribution in [0.3, 0.4) is 0 Å². The molecule has 17 heavy (non-hydrogen) atoms. The number of halogens is 2. The summed E-state index contributed by atoms with van der Waals surface area (Å²) in [6, 6.07) is 3.40. The van der Waals surface area contributed by atoms with Gasteiger partial charge in [0.25, 0.3) is 0 Å². The zero-order valence-corrected chi connectivity index (χ0v) is 12.3. The zero-order valence-electron chi connectivity index (χ0n) is 9.87. The molecular formula is C12H17BrClNO2. The van der Waals surface area contributed by atoms with Crippen molar-refractivity contribution < 1.29 is 9.84 Å². The van der Waals surface area contributed by atoms with Crippen LogP contribution >= 0.6 is 28.3 Å². The molecule has 1 rings (SSSR count). The molecule has 0 aliphatic rings. The van der Waals surface area contributed by atoms with Crippen LogP contribution in [-0.4, -0.2) is 12.2 Å². The van der Waals surface area contributed by atoms with Gasteiger partial charge in [-0.1, -0.05) is 5.57 Å². The van der Waals surface area contributed by atoms with E-state index in [0.717, 1.165) is 11.1 Å². The smallest absolute Gasteiger partial charge is 0.172 e. The highest BCUT2D eigenvalue weighted by molar-refractivity contribution is 9.10. The molecule has 0 amide bonds. The summed E-state index contributed by atoms with van der Waals surface area (Å²) in [7, 11) is 1.51. The molecule has 1 aromatic carbocycles. The van der Waals surface area contributed by atoms with Gasteiger partial charge in [-0.2, -0.15) is 0 Å². The van der Waals surface area contributed by atoms with Crippen LogP contribution in [0, 0.1) is 0 Å². The summed E-state index contributed by atoms with van der Waals surface area (Å²) in [6.07, 6.45) is 0.709. The molecule has 0 aliphatic heterocycles. The van der Waals surface area contributed by atoms with E-state index in [4.69, 9.17) is 10.5 Å². The molecule has 96 valence electrons. The largest absolute Gasteiger partial charge is 0.503 e. The van der Waals surface area contributed by atoms with Crippen LogP contribution in [0.15, 0.2) is 28.8 Å². The van der Waals surface area contributed by atoms with Crippen molar-refractivity contribution in [3.8, 4) is 11.5 Å². The Balaban J connectivity index is 0.00000256. The van der Waals surface area contributed by atoms with Crippen LogP contribution in [0.2, 0.25) is 0 Å². The fourth-order valence-corrected chi connectivity index (χ4v) is 1.92. The minimum atomic E-state index is -0.136. The van der Waals surface area contributed by atoms with Gasteiger partial charge in [-0.25, -0.2) is 0 Å². The van der Waals surface area contributed by atoms with Crippen molar-refractivity contribution in [2.45, 2.75) is 19.4 Å². The van der Waals surface area contributed by atoms with E-state index in [1.165, 1.54) is 7.11 Å². The van der Waals surface area contributed by atoms with E-state index in [-0.39, 0.29) is 24.2 Å². The van der Waals surface area contributed by atoms with Crippen LogP contribution < -0.4 is 10.5 Å². The molecule has 0 aliphatic carbocycles. The van der Waals surface area contributed by atoms with E-state index in [1.54, 1.807) is 12.1 Å².